The van der Waals surface area contributed by atoms with Crippen LogP contribution in [0.3, 0.4) is 0 Å². The maximum Gasteiger partial charge on any atom is 0.416 e. The Hall–Kier alpha value is -2.83. The third-order valence-electron chi connectivity index (χ3n) is 3.08. The zero-order chi connectivity index (χ0) is 17.0. The van der Waals surface area contributed by atoms with Crippen LogP contribution in [-0.4, -0.2) is 17.0 Å². The zero-order valence-electron chi connectivity index (χ0n) is 11.7. The van der Waals surface area contributed by atoms with Gasteiger partial charge in [0, 0.05) is 11.3 Å². The van der Waals surface area contributed by atoms with Gasteiger partial charge in [-0.2, -0.15) is 13.2 Å². The quantitative estimate of drug-likeness (QED) is 0.904. The van der Waals surface area contributed by atoms with E-state index in [1.807, 2.05) is 0 Å². The monoisotopic (exact) mass is 323 g/mol. The molecule has 2 N–H and O–H groups in total. The number of amides is 1. The summed E-state index contributed by atoms with van der Waals surface area (Å²) in [6.07, 6.45) is -4.74. The van der Waals surface area contributed by atoms with Crippen LogP contribution in [0.15, 0.2) is 48.5 Å². The molecule has 120 valence electrons. The van der Waals surface area contributed by atoms with Crippen LogP contribution in [0.2, 0.25) is 0 Å². The Bertz CT molecular complexity index is 724. The maximum absolute atomic E-state index is 12.5. The third kappa shape index (κ3) is 4.32. The lowest BCUT2D eigenvalue weighted by Gasteiger charge is -2.11. The molecule has 23 heavy (non-hydrogen) atoms. The molecule has 0 radical (unpaired) electrons. The number of para-hydroxylation sites is 1. The molecule has 0 atom stereocenters. The van der Waals surface area contributed by atoms with Gasteiger partial charge in [-0.3, -0.25) is 9.59 Å². The topological polar surface area (TPSA) is 66.4 Å². The Kier molecular flexibility index (Phi) is 4.68. The van der Waals surface area contributed by atoms with Gasteiger partial charge in [0.15, 0.2) is 0 Å². The average Bonchev–Trinajstić information content (AvgIpc) is 2.48. The van der Waals surface area contributed by atoms with Crippen molar-refractivity contribution < 1.29 is 27.9 Å². The minimum absolute atomic E-state index is 0.0446. The van der Waals surface area contributed by atoms with E-state index in [2.05, 4.69) is 5.32 Å². The Morgan fingerprint density at radius 2 is 1.61 bits per heavy atom. The minimum Gasteiger partial charge on any atom is -0.481 e. The van der Waals surface area contributed by atoms with Gasteiger partial charge in [-0.25, -0.2) is 0 Å². The first-order valence-electron chi connectivity index (χ1n) is 6.55. The Balaban J connectivity index is 2.18. The summed E-state index contributed by atoms with van der Waals surface area (Å²) >= 11 is 0. The summed E-state index contributed by atoms with van der Waals surface area (Å²) < 4.78 is 37.5. The lowest BCUT2D eigenvalue weighted by molar-refractivity contribution is -0.138. The smallest absolute Gasteiger partial charge is 0.416 e. The zero-order valence-corrected chi connectivity index (χ0v) is 11.7. The van der Waals surface area contributed by atoms with Gasteiger partial charge in [0.2, 0.25) is 0 Å². The molecule has 4 nitrogen and oxygen atoms in total. The molecule has 0 aliphatic carbocycles. The highest BCUT2D eigenvalue weighted by Gasteiger charge is 2.30. The van der Waals surface area contributed by atoms with Crippen LogP contribution in [0.1, 0.15) is 21.5 Å². The molecule has 7 heteroatoms. The number of rotatable bonds is 4. The number of carbonyl (C=O) groups is 2. The van der Waals surface area contributed by atoms with Crippen LogP contribution >= 0.6 is 0 Å². The van der Waals surface area contributed by atoms with Crippen LogP contribution in [-0.2, 0) is 17.4 Å². The van der Waals surface area contributed by atoms with Crippen LogP contribution < -0.4 is 5.32 Å². The number of carbonyl (C=O) groups excluding carboxylic acids is 1. The van der Waals surface area contributed by atoms with E-state index in [4.69, 9.17) is 5.11 Å². The fraction of sp³-hybridized carbons (Fsp3) is 0.125. The number of benzene rings is 2. The number of nitrogens with one attached hydrogen (secondary N) is 1. The number of alkyl halides is 3. The predicted molar refractivity (Wildman–Crippen MR) is 77.2 cm³/mol. The fourth-order valence-corrected chi connectivity index (χ4v) is 1.96. The Morgan fingerprint density at radius 1 is 1.00 bits per heavy atom. The molecule has 0 aliphatic heterocycles. The predicted octanol–water partition coefficient (Wildman–Crippen LogP) is 3.58. The largest absolute Gasteiger partial charge is 0.481 e. The van der Waals surface area contributed by atoms with E-state index in [1.54, 1.807) is 18.2 Å². The number of aliphatic carboxylic acids is 1. The van der Waals surface area contributed by atoms with Crippen molar-refractivity contribution in [2.45, 2.75) is 12.6 Å². The van der Waals surface area contributed by atoms with Gasteiger partial charge in [-0.05, 0) is 35.9 Å². The first kappa shape index (κ1) is 16.5. The summed E-state index contributed by atoms with van der Waals surface area (Å²) in [4.78, 5) is 22.9. The molecular weight excluding hydrogens is 311 g/mol. The van der Waals surface area contributed by atoms with Gasteiger partial charge >= 0.3 is 12.1 Å². The Morgan fingerprint density at radius 3 is 2.17 bits per heavy atom. The molecule has 0 heterocycles. The van der Waals surface area contributed by atoms with Gasteiger partial charge in [-0.15, -0.1) is 0 Å². The second-order valence-electron chi connectivity index (χ2n) is 4.76. The summed E-state index contributed by atoms with van der Waals surface area (Å²) in [5, 5.41) is 11.3. The van der Waals surface area contributed by atoms with Gasteiger partial charge in [0.05, 0.1) is 12.0 Å². The van der Waals surface area contributed by atoms with Crippen LogP contribution in [0, 0.1) is 0 Å². The summed E-state index contributed by atoms with van der Waals surface area (Å²) in [6, 6.07) is 10.1. The molecule has 0 unspecified atom stereocenters. The summed E-state index contributed by atoms with van der Waals surface area (Å²) in [5.41, 5.74) is -0.0940. The van der Waals surface area contributed by atoms with Gasteiger partial charge in [0.25, 0.3) is 5.91 Å². The molecule has 0 saturated carbocycles. The summed E-state index contributed by atoms with van der Waals surface area (Å²) in [6.45, 7) is 0. The molecule has 2 aromatic rings. The van der Waals surface area contributed by atoms with Crippen molar-refractivity contribution in [1.82, 2.24) is 0 Å². The minimum atomic E-state index is -4.47. The van der Waals surface area contributed by atoms with Crippen LogP contribution in [0.4, 0.5) is 18.9 Å². The lowest BCUT2D eigenvalue weighted by Crippen LogP contribution is -2.15. The molecule has 2 rings (SSSR count). The van der Waals surface area contributed by atoms with Crippen LogP contribution in [0.25, 0.3) is 0 Å². The van der Waals surface area contributed by atoms with Crippen molar-refractivity contribution in [3.63, 3.8) is 0 Å². The second-order valence-corrected chi connectivity index (χ2v) is 4.76. The first-order chi connectivity index (χ1) is 10.8. The first-order valence-corrected chi connectivity index (χ1v) is 6.55. The highest BCUT2D eigenvalue weighted by molar-refractivity contribution is 6.04. The fourth-order valence-electron chi connectivity index (χ4n) is 1.96. The molecule has 0 aromatic heterocycles. The number of carboxylic acids is 1. The highest BCUT2D eigenvalue weighted by atomic mass is 19.4. The number of hydrogen-bond donors (Lipinski definition) is 2. The molecule has 0 spiro atoms. The number of anilines is 1. The SMILES string of the molecule is O=C(O)Cc1ccccc1NC(=O)c1ccc(C(F)(F)F)cc1. The summed E-state index contributed by atoms with van der Waals surface area (Å²) in [7, 11) is 0. The molecule has 0 aliphatic rings. The van der Waals surface area contributed by atoms with E-state index in [-0.39, 0.29) is 12.0 Å². The molecule has 0 fully saturated rings. The Labute approximate surface area is 129 Å². The van der Waals surface area contributed by atoms with E-state index in [9.17, 15) is 22.8 Å². The molecule has 0 saturated heterocycles. The van der Waals surface area contributed by atoms with Gasteiger partial charge < -0.3 is 10.4 Å². The second kappa shape index (κ2) is 6.51. The van der Waals surface area contributed by atoms with Gasteiger partial charge in [-0.1, -0.05) is 18.2 Å². The molecular formula is C16H12F3NO3. The molecule has 0 bridgehead atoms. The van der Waals surface area contributed by atoms with Crippen molar-refractivity contribution in [2.24, 2.45) is 0 Å². The van der Waals surface area contributed by atoms with Crippen molar-refractivity contribution >= 4 is 17.6 Å². The molecule has 2 aromatic carbocycles. The normalized spacial score (nSPS) is 11.1. The highest BCUT2D eigenvalue weighted by Crippen LogP contribution is 2.29. The van der Waals surface area contributed by atoms with E-state index in [0.717, 1.165) is 24.3 Å². The van der Waals surface area contributed by atoms with Crippen molar-refractivity contribution in [3.05, 3.63) is 65.2 Å². The standard InChI is InChI=1S/C16H12F3NO3/c17-16(18,19)12-7-5-10(6-8-12)15(23)20-13-4-2-1-3-11(13)9-14(21)22/h1-8H,9H2,(H,20,23)(H,21,22). The van der Waals surface area contributed by atoms with Crippen LogP contribution in [0.5, 0.6) is 0 Å². The van der Waals surface area contributed by atoms with E-state index >= 15 is 0 Å². The van der Waals surface area contributed by atoms with E-state index < -0.39 is 23.6 Å². The number of carboxylic acid groups (broad SMARTS) is 1. The van der Waals surface area contributed by atoms with Crippen molar-refractivity contribution in [3.8, 4) is 0 Å². The van der Waals surface area contributed by atoms with Crippen molar-refractivity contribution in [2.75, 3.05) is 5.32 Å². The molecule has 1 amide bonds. The summed E-state index contributed by atoms with van der Waals surface area (Å²) in [5.74, 6) is -1.67. The van der Waals surface area contributed by atoms with E-state index in [0.29, 0.717) is 11.3 Å². The maximum atomic E-state index is 12.5. The average molecular weight is 323 g/mol. The third-order valence-corrected chi connectivity index (χ3v) is 3.08. The van der Waals surface area contributed by atoms with E-state index in [1.165, 1.54) is 6.07 Å². The lowest BCUT2D eigenvalue weighted by atomic mass is 10.1. The van der Waals surface area contributed by atoms with Gasteiger partial charge in [0.1, 0.15) is 0 Å². The van der Waals surface area contributed by atoms with Crippen molar-refractivity contribution in [1.29, 1.82) is 0 Å². The number of halogens is 3. The number of hydrogen-bond acceptors (Lipinski definition) is 2.